The van der Waals surface area contributed by atoms with Crippen LogP contribution >= 0.6 is 15.9 Å². The van der Waals surface area contributed by atoms with Crippen LogP contribution in [-0.2, 0) is 11.3 Å². The van der Waals surface area contributed by atoms with Crippen LogP contribution in [0.15, 0.2) is 22.7 Å². The molecule has 1 aliphatic heterocycles. The second-order valence-corrected chi connectivity index (χ2v) is 6.10. The lowest BCUT2D eigenvalue weighted by atomic mass is 9.82. The van der Waals surface area contributed by atoms with E-state index < -0.39 is 0 Å². The molecule has 1 aliphatic carbocycles. The smallest absolute Gasteiger partial charge is 0.254 e. The molecule has 0 aromatic heterocycles. The van der Waals surface area contributed by atoms with Gasteiger partial charge in [-0.05, 0) is 42.5 Å². The van der Waals surface area contributed by atoms with Gasteiger partial charge in [0.05, 0.1) is 6.10 Å². The molecule has 1 saturated carbocycles. The van der Waals surface area contributed by atoms with Gasteiger partial charge >= 0.3 is 0 Å². The van der Waals surface area contributed by atoms with Crippen LogP contribution < -0.4 is 0 Å². The summed E-state index contributed by atoms with van der Waals surface area (Å²) in [6.45, 7) is 1.62. The first-order valence-corrected chi connectivity index (χ1v) is 7.07. The Morgan fingerprint density at radius 2 is 2.22 bits per heavy atom. The Kier molecular flexibility index (Phi) is 3.16. The molecule has 0 saturated heterocycles. The summed E-state index contributed by atoms with van der Waals surface area (Å²) in [7, 11) is 1.76. The number of hydrogen-bond donors (Lipinski definition) is 0. The maximum atomic E-state index is 12.2. The van der Waals surface area contributed by atoms with Crippen LogP contribution in [0.4, 0.5) is 0 Å². The minimum atomic E-state index is 0.179. The van der Waals surface area contributed by atoms with Crippen LogP contribution in [-0.4, -0.2) is 30.6 Å². The number of hydrogen-bond acceptors (Lipinski definition) is 2. The average Bonchev–Trinajstić information content (AvgIpc) is 2.59. The van der Waals surface area contributed by atoms with Crippen LogP contribution in [0, 0.1) is 5.92 Å². The molecule has 3 nitrogen and oxygen atoms in total. The Morgan fingerprint density at radius 1 is 1.44 bits per heavy atom. The molecule has 2 aliphatic rings. The van der Waals surface area contributed by atoms with E-state index in [1.165, 1.54) is 0 Å². The average molecular weight is 310 g/mol. The van der Waals surface area contributed by atoms with Crippen molar-refractivity contribution >= 4 is 21.8 Å². The second kappa shape index (κ2) is 4.67. The van der Waals surface area contributed by atoms with Crippen LogP contribution in [0.3, 0.4) is 0 Å². The van der Waals surface area contributed by atoms with E-state index in [0.717, 1.165) is 41.5 Å². The quantitative estimate of drug-likeness (QED) is 0.859. The molecule has 0 spiro atoms. The molecule has 1 amide bonds. The van der Waals surface area contributed by atoms with Gasteiger partial charge in [0.2, 0.25) is 0 Å². The Bertz CT molecular complexity index is 483. The zero-order valence-electron chi connectivity index (χ0n) is 10.4. The lowest BCUT2D eigenvalue weighted by Crippen LogP contribution is -2.39. The van der Waals surface area contributed by atoms with Gasteiger partial charge in [-0.1, -0.05) is 15.9 Å². The molecule has 0 atom stereocenters. The molecule has 1 heterocycles. The fraction of sp³-hybridized carbons (Fsp3) is 0.500. The van der Waals surface area contributed by atoms with Crippen molar-refractivity contribution in [3.8, 4) is 0 Å². The van der Waals surface area contributed by atoms with Gasteiger partial charge in [-0.3, -0.25) is 4.79 Å². The summed E-state index contributed by atoms with van der Waals surface area (Å²) in [4.78, 5) is 14.2. The summed E-state index contributed by atoms with van der Waals surface area (Å²) in [5.74, 6) is 0.787. The third-order valence-electron chi connectivity index (χ3n) is 3.95. The third kappa shape index (κ3) is 2.08. The molecule has 0 bridgehead atoms. The van der Waals surface area contributed by atoms with E-state index in [4.69, 9.17) is 4.74 Å². The summed E-state index contributed by atoms with van der Waals surface area (Å²) >= 11 is 3.45. The summed E-state index contributed by atoms with van der Waals surface area (Å²) in [6.07, 6.45) is 2.57. The van der Waals surface area contributed by atoms with Gasteiger partial charge in [-0.15, -0.1) is 0 Å². The van der Waals surface area contributed by atoms with E-state index >= 15 is 0 Å². The van der Waals surface area contributed by atoms with E-state index in [-0.39, 0.29) is 5.91 Å². The van der Waals surface area contributed by atoms with Crippen LogP contribution in [0.25, 0.3) is 0 Å². The Labute approximate surface area is 115 Å². The van der Waals surface area contributed by atoms with E-state index in [0.29, 0.717) is 12.0 Å². The van der Waals surface area contributed by atoms with Gasteiger partial charge in [0.25, 0.3) is 5.91 Å². The van der Waals surface area contributed by atoms with Gasteiger partial charge < -0.3 is 9.64 Å². The van der Waals surface area contributed by atoms with Gasteiger partial charge in [-0.25, -0.2) is 0 Å². The minimum absolute atomic E-state index is 0.179. The Hall–Kier alpha value is -0.870. The largest absolute Gasteiger partial charge is 0.381 e. The molecule has 0 unspecified atom stereocenters. The lowest BCUT2D eigenvalue weighted by Gasteiger charge is -2.36. The highest BCUT2D eigenvalue weighted by atomic mass is 79.9. The number of methoxy groups -OCH3 is 1. The molecule has 4 heteroatoms. The zero-order valence-corrected chi connectivity index (χ0v) is 11.9. The third-order valence-corrected chi connectivity index (χ3v) is 4.44. The summed E-state index contributed by atoms with van der Waals surface area (Å²) < 4.78 is 6.32. The molecule has 1 aromatic rings. The number of carbonyl (C=O) groups excluding carboxylic acids is 1. The summed E-state index contributed by atoms with van der Waals surface area (Å²) in [6, 6.07) is 5.90. The van der Waals surface area contributed by atoms with Crippen LogP contribution in [0.1, 0.15) is 28.8 Å². The first-order chi connectivity index (χ1) is 8.67. The molecule has 18 heavy (non-hydrogen) atoms. The molecular formula is C14H16BrNO2. The molecule has 0 N–H and O–H groups in total. The number of carbonyl (C=O) groups is 1. The molecule has 0 radical (unpaired) electrons. The van der Waals surface area contributed by atoms with Gasteiger partial charge in [0.15, 0.2) is 0 Å². The molecule has 96 valence electrons. The van der Waals surface area contributed by atoms with E-state index in [1.807, 2.05) is 23.1 Å². The standard InChI is InChI=1S/C14H16BrNO2/c1-18-12-4-9(5-12)7-16-8-10-6-11(15)2-3-13(10)14(16)17/h2-3,6,9,12H,4-5,7-8H2,1H3. The number of amides is 1. The van der Waals surface area contributed by atoms with Gasteiger partial charge in [0.1, 0.15) is 0 Å². The molecule has 1 fully saturated rings. The first kappa shape index (κ1) is 12.2. The number of nitrogens with zero attached hydrogens (tertiary/aromatic N) is 1. The van der Waals surface area contributed by atoms with Crippen molar-refractivity contribution in [1.82, 2.24) is 4.90 Å². The summed E-state index contributed by atoms with van der Waals surface area (Å²) in [5, 5.41) is 0. The van der Waals surface area contributed by atoms with Crippen molar-refractivity contribution in [2.75, 3.05) is 13.7 Å². The fourth-order valence-electron chi connectivity index (χ4n) is 2.82. The number of ether oxygens (including phenoxy) is 1. The Morgan fingerprint density at radius 3 is 2.94 bits per heavy atom. The van der Waals surface area contributed by atoms with Gasteiger partial charge in [0, 0.05) is 30.2 Å². The maximum absolute atomic E-state index is 12.2. The van der Waals surface area contributed by atoms with E-state index in [9.17, 15) is 4.79 Å². The predicted octanol–water partition coefficient (Wildman–Crippen LogP) is 2.83. The topological polar surface area (TPSA) is 29.5 Å². The Balaban J connectivity index is 1.66. The maximum Gasteiger partial charge on any atom is 0.254 e. The number of benzene rings is 1. The SMILES string of the molecule is COC1CC(CN2Cc3cc(Br)ccc3C2=O)C1. The van der Waals surface area contributed by atoms with Crippen molar-refractivity contribution in [2.45, 2.75) is 25.5 Å². The van der Waals surface area contributed by atoms with Crippen molar-refractivity contribution in [3.63, 3.8) is 0 Å². The van der Waals surface area contributed by atoms with Crippen LogP contribution in [0.2, 0.25) is 0 Å². The molecular weight excluding hydrogens is 294 g/mol. The van der Waals surface area contributed by atoms with Crippen molar-refractivity contribution in [1.29, 1.82) is 0 Å². The number of fused-ring (bicyclic) bond motifs is 1. The number of halogens is 1. The van der Waals surface area contributed by atoms with E-state index in [2.05, 4.69) is 15.9 Å². The predicted molar refractivity (Wildman–Crippen MR) is 72.4 cm³/mol. The summed E-state index contributed by atoms with van der Waals surface area (Å²) in [5.41, 5.74) is 2.00. The monoisotopic (exact) mass is 309 g/mol. The van der Waals surface area contributed by atoms with Crippen molar-refractivity contribution in [3.05, 3.63) is 33.8 Å². The second-order valence-electron chi connectivity index (χ2n) is 5.18. The highest BCUT2D eigenvalue weighted by Crippen LogP contribution is 2.33. The van der Waals surface area contributed by atoms with Gasteiger partial charge in [-0.2, -0.15) is 0 Å². The minimum Gasteiger partial charge on any atom is -0.381 e. The number of rotatable bonds is 3. The first-order valence-electron chi connectivity index (χ1n) is 6.28. The fourth-order valence-corrected chi connectivity index (χ4v) is 3.23. The normalized spacial score (nSPS) is 26.1. The van der Waals surface area contributed by atoms with Crippen LogP contribution in [0.5, 0.6) is 0 Å². The highest BCUT2D eigenvalue weighted by molar-refractivity contribution is 9.10. The highest BCUT2D eigenvalue weighted by Gasteiger charge is 2.34. The van der Waals surface area contributed by atoms with Crippen molar-refractivity contribution in [2.24, 2.45) is 5.92 Å². The van der Waals surface area contributed by atoms with E-state index in [1.54, 1.807) is 7.11 Å². The molecule has 1 aromatic carbocycles. The van der Waals surface area contributed by atoms with Crippen molar-refractivity contribution < 1.29 is 9.53 Å². The molecule has 3 rings (SSSR count). The lowest BCUT2D eigenvalue weighted by molar-refractivity contribution is -0.00933. The zero-order chi connectivity index (χ0) is 12.7.